The van der Waals surface area contributed by atoms with Gasteiger partial charge in [0.25, 0.3) is 0 Å². The number of anilines is 1. The van der Waals surface area contributed by atoms with Crippen LogP contribution in [0.2, 0.25) is 0 Å². The normalized spacial score (nSPS) is 21.4. The third kappa shape index (κ3) is 2.48. The molecule has 17 heavy (non-hydrogen) atoms. The molecule has 1 heterocycles. The standard InChI is InChI=1S/C12H17N3O2/c16-10(8-6-7-8)13-12-15-14-11(17-12)9-4-2-1-3-5-9/h8-9H,1-7H2,(H,13,15,16). The third-order valence-electron chi connectivity index (χ3n) is 3.57. The van der Waals surface area contributed by atoms with E-state index in [0.717, 1.165) is 25.7 Å². The van der Waals surface area contributed by atoms with Crippen LogP contribution < -0.4 is 5.32 Å². The van der Waals surface area contributed by atoms with Crippen molar-refractivity contribution in [2.24, 2.45) is 5.92 Å². The van der Waals surface area contributed by atoms with Crippen LogP contribution in [0.5, 0.6) is 0 Å². The van der Waals surface area contributed by atoms with Gasteiger partial charge in [0.1, 0.15) is 0 Å². The van der Waals surface area contributed by atoms with E-state index < -0.39 is 0 Å². The fourth-order valence-electron chi connectivity index (χ4n) is 2.35. The summed E-state index contributed by atoms with van der Waals surface area (Å²) in [4.78, 5) is 11.5. The highest BCUT2D eigenvalue weighted by molar-refractivity contribution is 5.92. The van der Waals surface area contributed by atoms with Crippen LogP contribution in [0.3, 0.4) is 0 Å². The Morgan fingerprint density at radius 2 is 1.88 bits per heavy atom. The van der Waals surface area contributed by atoms with Gasteiger partial charge in [0.2, 0.25) is 11.8 Å². The molecule has 2 aliphatic rings. The minimum atomic E-state index is 0.0174. The first-order valence-corrected chi connectivity index (χ1v) is 6.47. The zero-order valence-electron chi connectivity index (χ0n) is 9.82. The second-order valence-corrected chi connectivity index (χ2v) is 5.04. The van der Waals surface area contributed by atoms with E-state index in [9.17, 15) is 4.79 Å². The van der Waals surface area contributed by atoms with E-state index in [4.69, 9.17) is 4.42 Å². The summed E-state index contributed by atoms with van der Waals surface area (Å²) >= 11 is 0. The molecule has 5 heteroatoms. The van der Waals surface area contributed by atoms with Crippen molar-refractivity contribution in [1.82, 2.24) is 10.2 Å². The van der Waals surface area contributed by atoms with E-state index in [0.29, 0.717) is 11.8 Å². The van der Waals surface area contributed by atoms with Crippen molar-refractivity contribution in [1.29, 1.82) is 0 Å². The molecular formula is C12H17N3O2. The number of aromatic nitrogens is 2. The van der Waals surface area contributed by atoms with Crippen LogP contribution >= 0.6 is 0 Å². The van der Waals surface area contributed by atoms with E-state index in [1.165, 1.54) is 19.3 Å². The fraction of sp³-hybridized carbons (Fsp3) is 0.750. The molecule has 3 rings (SSSR count). The van der Waals surface area contributed by atoms with Gasteiger partial charge in [-0.05, 0) is 25.7 Å². The first-order chi connectivity index (χ1) is 8.33. The predicted molar refractivity (Wildman–Crippen MR) is 61.5 cm³/mol. The molecule has 1 aromatic heterocycles. The van der Waals surface area contributed by atoms with Crippen molar-refractivity contribution in [3.8, 4) is 0 Å². The molecule has 2 saturated carbocycles. The molecule has 92 valence electrons. The van der Waals surface area contributed by atoms with Crippen LogP contribution in [0.25, 0.3) is 0 Å². The number of nitrogens with one attached hydrogen (secondary N) is 1. The van der Waals surface area contributed by atoms with E-state index in [-0.39, 0.29) is 17.8 Å². The molecule has 0 atom stereocenters. The Bertz CT molecular complexity index is 406. The minimum Gasteiger partial charge on any atom is -0.408 e. The summed E-state index contributed by atoms with van der Waals surface area (Å²) < 4.78 is 5.52. The highest BCUT2D eigenvalue weighted by atomic mass is 16.4. The van der Waals surface area contributed by atoms with E-state index >= 15 is 0 Å². The van der Waals surface area contributed by atoms with Crippen molar-refractivity contribution in [2.75, 3.05) is 5.32 Å². The van der Waals surface area contributed by atoms with Gasteiger partial charge in [0.15, 0.2) is 0 Å². The van der Waals surface area contributed by atoms with Gasteiger partial charge in [-0.15, -0.1) is 5.10 Å². The van der Waals surface area contributed by atoms with Crippen LogP contribution in [0.4, 0.5) is 6.01 Å². The largest absolute Gasteiger partial charge is 0.408 e. The van der Waals surface area contributed by atoms with Crippen LogP contribution in [0.1, 0.15) is 56.8 Å². The molecule has 1 aromatic rings. The van der Waals surface area contributed by atoms with Gasteiger partial charge in [0.05, 0.1) is 0 Å². The van der Waals surface area contributed by atoms with E-state index in [1.54, 1.807) is 0 Å². The number of nitrogens with zero attached hydrogens (tertiary/aromatic N) is 2. The maximum absolute atomic E-state index is 11.5. The maximum Gasteiger partial charge on any atom is 0.322 e. The van der Waals surface area contributed by atoms with Crippen molar-refractivity contribution in [3.05, 3.63) is 5.89 Å². The molecule has 0 spiro atoms. The molecule has 2 aliphatic carbocycles. The van der Waals surface area contributed by atoms with Gasteiger partial charge >= 0.3 is 6.01 Å². The molecule has 1 amide bonds. The Balaban J connectivity index is 1.62. The summed E-state index contributed by atoms with van der Waals surface area (Å²) in [5.41, 5.74) is 0. The molecule has 0 radical (unpaired) electrons. The number of rotatable bonds is 3. The predicted octanol–water partition coefficient (Wildman–Crippen LogP) is 2.47. The molecule has 5 nitrogen and oxygen atoms in total. The quantitative estimate of drug-likeness (QED) is 0.873. The summed E-state index contributed by atoms with van der Waals surface area (Å²) in [6, 6.07) is 0.266. The van der Waals surface area contributed by atoms with E-state index in [1.807, 2.05) is 0 Å². The number of carbonyl (C=O) groups is 1. The summed E-state index contributed by atoms with van der Waals surface area (Å²) in [7, 11) is 0. The molecular weight excluding hydrogens is 218 g/mol. The number of hydrogen-bond donors (Lipinski definition) is 1. The van der Waals surface area contributed by atoms with Gasteiger partial charge in [-0.3, -0.25) is 10.1 Å². The van der Waals surface area contributed by atoms with E-state index in [2.05, 4.69) is 15.5 Å². The van der Waals surface area contributed by atoms with Gasteiger partial charge in [-0.25, -0.2) is 0 Å². The molecule has 0 saturated heterocycles. The van der Waals surface area contributed by atoms with Crippen molar-refractivity contribution in [3.63, 3.8) is 0 Å². The molecule has 2 fully saturated rings. The van der Waals surface area contributed by atoms with Gasteiger partial charge in [0, 0.05) is 11.8 Å². The number of hydrogen-bond acceptors (Lipinski definition) is 4. The van der Waals surface area contributed by atoms with Crippen LogP contribution in [0.15, 0.2) is 4.42 Å². The number of amides is 1. The van der Waals surface area contributed by atoms with Crippen molar-refractivity contribution < 1.29 is 9.21 Å². The van der Waals surface area contributed by atoms with Crippen LogP contribution in [-0.4, -0.2) is 16.1 Å². The first kappa shape index (κ1) is 10.7. The topological polar surface area (TPSA) is 68.0 Å². The van der Waals surface area contributed by atoms with Gasteiger partial charge in [-0.2, -0.15) is 0 Å². The van der Waals surface area contributed by atoms with Crippen molar-refractivity contribution >= 4 is 11.9 Å². The lowest BCUT2D eigenvalue weighted by molar-refractivity contribution is -0.117. The highest BCUT2D eigenvalue weighted by Gasteiger charge is 2.31. The summed E-state index contributed by atoms with van der Waals surface area (Å²) in [6.07, 6.45) is 7.98. The smallest absolute Gasteiger partial charge is 0.322 e. The van der Waals surface area contributed by atoms with Crippen molar-refractivity contribution in [2.45, 2.75) is 50.9 Å². The van der Waals surface area contributed by atoms with Crippen LogP contribution in [0, 0.1) is 5.92 Å². The fourth-order valence-corrected chi connectivity index (χ4v) is 2.35. The third-order valence-corrected chi connectivity index (χ3v) is 3.57. The Morgan fingerprint density at radius 1 is 1.12 bits per heavy atom. The molecule has 0 aliphatic heterocycles. The van der Waals surface area contributed by atoms with Gasteiger partial charge < -0.3 is 4.42 Å². The lowest BCUT2D eigenvalue weighted by Gasteiger charge is -2.17. The van der Waals surface area contributed by atoms with Crippen LogP contribution in [-0.2, 0) is 4.79 Å². The Morgan fingerprint density at radius 3 is 2.59 bits per heavy atom. The highest BCUT2D eigenvalue weighted by Crippen LogP contribution is 2.33. The monoisotopic (exact) mass is 235 g/mol. The Hall–Kier alpha value is -1.39. The lowest BCUT2D eigenvalue weighted by Crippen LogP contribution is -2.13. The molecule has 0 aromatic carbocycles. The molecule has 0 unspecified atom stereocenters. The minimum absolute atomic E-state index is 0.0174. The average Bonchev–Trinajstić information content (AvgIpc) is 3.12. The second kappa shape index (κ2) is 4.47. The SMILES string of the molecule is O=C(Nc1nnc(C2CCCCC2)o1)C1CC1. The average molecular weight is 235 g/mol. The van der Waals surface area contributed by atoms with Gasteiger partial charge in [-0.1, -0.05) is 24.4 Å². The summed E-state index contributed by atoms with van der Waals surface area (Å²) in [5.74, 6) is 1.27. The Kier molecular flexibility index (Phi) is 2.82. The zero-order valence-corrected chi connectivity index (χ0v) is 9.82. The lowest BCUT2D eigenvalue weighted by atomic mass is 9.89. The summed E-state index contributed by atoms with van der Waals surface area (Å²) in [5, 5.41) is 10.6. The molecule has 1 N–H and O–H groups in total. The second-order valence-electron chi connectivity index (χ2n) is 5.04. The Labute approximate surface area is 100.0 Å². The number of carbonyl (C=O) groups excluding carboxylic acids is 1. The first-order valence-electron chi connectivity index (χ1n) is 6.47. The zero-order chi connectivity index (χ0) is 11.7. The summed E-state index contributed by atoms with van der Waals surface area (Å²) in [6.45, 7) is 0. The maximum atomic E-state index is 11.5. The molecule has 0 bridgehead atoms.